The lowest BCUT2D eigenvalue weighted by atomic mass is 9.81. The van der Waals surface area contributed by atoms with Gasteiger partial charge >= 0.3 is 0 Å². The van der Waals surface area contributed by atoms with E-state index in [0.717, 1.165) is 25.7 Å². The average Bonchev–Trinajstić information content (AvgIpc) is 2.51. The number of morpholine rings is 1. The Labute approximate surface area is 142 Å². The quantitative estimate of drug-likeness (QED) is 0.723. The van der Waals surface area contributed by atoms with Gasteiger partial charge in [0.05, 0.1) is 26.3 Å². The van der Waals surface area contributed by atoms with Gasteiger partial charge in [0.15, 0.2) is 0 Å². The van der Waals surface area contributed by atoms with Crippen LogP contribution in [0, 0.1) is 5.92 Å². The Bertz CT molecular complexity index is 510. The number of rotatable bonds is 2. The van der Waals surface area contributed by atoms with E-state index in [-0.39, 0.29) is 29.4 Å². The second kappa shape index (κ2) is 6.28. The van der Waals surface area contributed by atoms with E-state index in [1.807, 2.05) is 11.9 Å². The molecule has 3 aliphatic heterocycles. The molecule has 7 nitrogen and oxygen atoms in total. The molecular formula is C17H27N3O4. The molecule has 7 heteroatoms. The van der Waals surface area contributed by atoms with Gasteiger partial charge in [-0.15, -0.1) is 0 Å². The first-order chi connectivity index (χ1) is 11.6. The average molecular weight is 337 g/mol. The molecule has 24 heavy (non-hydrogen) atoms. The van der Waals surface area contributed by atoms with Gasteiger partial charge in [0.2, 0.25) is 5.91 Å². The predicted molar refractivity (Wildman–Crippen MR) is 85.9 cm³/mol. The maximum absolute atomic E-state index is 12.6. The normalized spacial score (nSPS) is 30.8. The van der Waals surface area contributed by atoms with E-state index in [4.69, 9.17) is 9.57 Å². The number of carbonyl (C=O) groups is 2. The minimum Gasteiger partial charge on any atom is -0.368 e. The van der Waals surface area contributed by atoms with E-state index in [1.54, 1.807) is 0 Å². The summed E-state index contributed by atoms with van der Waals surface area (Å²) in [6.45, 7) is 3.66. The van der Waals surface area contributed by atoms with E-state index in [2.05, 4.69) is 4.90 Å². The summed E-state index contributed by atoms with van der Waals surface area (Å²) < 4.78 is 6.07. The molecule has 0 bridgehead atoms. The van der Waals surface area contributed by atoms with E-state index in [9.17, 15) is 9.59 Å². The maximum Gasteiger partial charge on any atom is 0.265 e. The van der Waals surface area contributed by atoms with E-state index in [1.165, 1.54) is 11.5 Å². The number of carbonyl (C=O) groups excluding carboxylic acids is 2. The molecule has 0 N–H and O–H groups in total. The molecule has 0 aromatic heterocycles. The second-order valence-corrected chi connectivity index (χ2v) is 7.73. The largest absolute Gasteiger partial charge is 0.368 e. The molecule has 2 amide bonds. The van der Waals surface area contributed by atoms with Crippen molar-refractivity contribution in [3.63, 3.8) is 0 Å². The van der Waals surface area contributed by atoms with Crippen LogP contribution in [0.5, 0.6) is 0 Å². The lowest BCUT2D eigenvalue weighted by molar-refractivity contribution is -0.225. The highest BCUT2D eigenvalue weighted by atomic mass is 16.7. The molecule has 1 saturated carbocycles. The van der Waals surface area contributed by atoms with Crippen LogP contribution in [0.3, 0.4) is 0 Å². The second-order valence-electron chi connectivity index (χ2n) is 7.73. The Balaban J connectivity index is 1.30. The molecule has 1 aliphatic carbocycles. The molecule has 4 fully saturated rings. The number of nitrogens with zero attached hydrogens (tertiary/aromatic N) is 3. The monoisotopic (exact) mass is 337 g/mol. The van der Waals surface area contributed by atoms with Crippen molar-refractivity contribution in [1.82, 2.24) is 14.9 Å². The fourth-order valence-corrected chi connectivity index (χ4v) is 4.10. The van der Waals surface area contributed by atoms with Crippen molar-refractivity contribution in [3.8, 4) is 0 Å². The van der Waals surface area contributed by atoms with Gasteiger partial charge in [-0.1, -0.05) is 6.42 Å². The molecule has 3 saturated heterocycles. The standard InChI is InChI=1S/C17H27N3O4/c1-18-10-17(11-19(12-17)15(21)13-5-4-6-13)23-9-14(18)16(22)20-7-2-3-8-24-20/h13-14H,2-12H2,1H3/t14-/m0/s1. The van der Waals surface area contributed by atoms with Crippen LogP contribution in [0.25, 0.3) is 0 Å². The topological polar surface area (TPSA) is 62.3 Å². The first kappa shape index (κ1) is 16.3. The third-order valence-corrected chi connectivity index (χ3v) is 5.87. The maximum atomic E-state index is 12.6. The summed E-state index contributed by atoms with van der Waals surface area (Å²) in [7, 11) is 1.97. The number of likely N-dealkylation sites (N-methyl/N-ethyl adjacent to an activating group) is 1. The molecule has 0 aromatic rings. The zero-order valence-electron chi connectivity index (χ0n) is 14.4. The highest BCUT2D eigenvalue weighted by Gasteiger charge is 2.52. The van der Waals surface area contributed by atoms with Gasteiger partial charge in [-0.05, 0) is 32.7 Å². The fraction of sp³-hybridized carbons (Fsp3) is 0.882. The molecular weight excluding hydrogens is 310 g/mol. The lowest BCUT2D eigenvalue weighted by Crippen LogP contribution is -2.73. The summed E-state index contributed by atoms with van der Waals surface area (Å²) in [6.07, 6.45) is 5.25. The minimum atomic E-state index is -0.287. The number of hydrogen-bond donors (Lipinski definition) is 0. The van der Waals surface area contributed by atoms with Crippen LogP contribution in [-0.4, -0.2) is 84.8 Å². The Kier molecular flexibility index (Phi) is 4.26. The fourth-order valence-electron chi connectivity index (χ4n) is 4.10. The number of hydrogen-bond acceptors (Lipinski definition) is 5. The van der Waals surface area contributed by atoms with Crippen LogP contribution in [0.15, 0.2) is 0 Å². The van der Waals surface area contributed by atoms with Gasteiger partial charge in [-0.25, -0.2) is 5.06 Å². The number of likely N-dealkylation sites (tertiary alicyclic amines) is 1. The molecule has 0 unspecified atom stereocenters. The summed E-state index contributed by atoms with van der Waals surface area (Å²) in [6, 6.07) is -0.287. The zero-order chi connectivity index (χ0) is 16.7. The third-order valence-electron chi connectivity index (χ3n) is 5.87. The summed E-state index contributed by atoms with van der Waals surface area (Å²) >= 11 is 0. The van der Waals surface area contributed by atoms with Gasteiger partial charge in [0.25, 0.3) is 5.91 Å². The highest BCUT2D eigenvalue weighted by Crippen LogP contribution is 2.35. The van der Waals surface area contributed by atoms with Gasteiger partial charge in [-0.2, -0.15) is 0 Å². The van der Waals surface area contributed by atoms with Crippen LogP contribution >= 0.6 is 0 Å². The van der Waals surface area contributed by atoms with Crippen LogP contribution in [0.2, 0.25) is 0 Å². The summed E-state index contributed by atoms with van der Waals surface area (Å²) in [4.78, 5) is 34.3. The Morgan fingerprint density at radius 2 is 1.83 bits per heavy atom. The molecule has 4 aliphatic rings. The van der Waals surface area contributed by atoms with Crippen molar-refractivity contribution in [2.24, 2.45) is 5.92 Å². The Hall–Kier alpha value is -1.18. The van der Waals surface area contributed by atoms with Gasteiger partial charge in [0, 0.05) is 19.0 Å². The molecule has 1 atom stereocenters. The number of amides is 2. The smallest absolute Gasteiger partial charge is 0.265 e. The first-order valence-electron chi connectivity index (χ1n) is 9.15. The Morgan fingerprint density at radius 3 is 2.42 bits per heavy atom. The molecule has 134 valence electrons. The van der Waals surface area contributed by atoms with Gasteiger partial charge in [-0.3, -0.25) is 19.3 Å². The van der Waals surface area contributed by atoms with E-state index >= 15 is 0 Å². The van der Waals surface area contributed by atoms with Crippen LogP contribution < -0.4 is 0 Å². The molecule has 1 spiro atoms. The van der Waals surface area contributed by atoms with Crippen molar-refractivity contribution >= 4 is 11.8 Å². The highest BCUT2D eigenvalue weighted by molar-refractivity contribution is 5.82. The van der Waals surface area contributed by atoms with E-state index in [0.29, 0.717) is 39.4 Å². The number of hydroxylamine groups is 2. The lowest BCUT2D eigenvalue weighted by Gasteiger charge is -2.55. The Morgan fingerprint density at radius 1 is 1.04 bits per heavy atom. The summed E-state index contributed by atoms with van der Waals surface area (Å²) in [5.74, 6) is 0.529. The first-order valence-corrected chi connectivity index (χ1v) is 9.15. The SMILES string of the molecule is CN1CC2(CN(C(=O)C3CCC3)C2)OC[C@H]1C(=O)N1CCCCO1. The molecule has 4 rings (SSSR count). The third kappa shape index (κ3) is 2.82. The summed E-state index contributed by atoms with van der Waals surface area (Å²) in [5, 5.41) is 1.50. The van der Waals surface area contributed by atoms with Crippen molar-refractivity contribution in [2.45, 2.75) is 43.7 Å². The van der Waals surface area contributed by atoms with Crippen LogP contribution in [0.1, 0.15) is 32.1 Å². The van der Waals surface area contributed by atoms with Crippen LogP contribution in [-0.2, 0) is 19.2 Å². The summed E-state index contributed by atoms with van der Waals surface area (Å²) in [5.41, 5.74) is -0.284. The van der Waals surface area contributed by atoms with E-state index < -0.39 is 0 Å². The number of ether oxygens (including phenoxy) is 1. The minimum absolute atomic E-state index is 0.00576. The molecule has 0 radical (unpaired) electrons. The molecule has 3 heterocycles. The predicted octanol–water partition coefficient (Wildman–Crippen LogP) is 0.252. The van der Waals surface area contributed by atoms with Crippen molar-refractivity contribution in [2.75, 3.05) is 46.4 Å². The van der Waals surface area contributed by atoms with Crippen molar-refractivity contribution in [1.29, 1.82) is 0 Å². The van der Waals surface area contributed by atoms with Crippen molar-refractivity contribution < 1.29 is 19.2 Å². The molecule has 0 aromatic carbocycles. The zero-order valence-corrected chi connectivity index (χ0v) is 14.4. The van der Waals surface area contributed by atoms with Crippen molar-refractivity contribution in [3.05, 3.63) is 0 Å². The van der Waals surface area contributed by atoms with Gasteiger partial charge in [0.1, 0.15) is 11.6 Å². The van der Waals surface area contributed by atoms with Gasteiger partial charge < -0.3 is 9.64 Å². The van der Waals surface area contributed by atoms with Crippen LogP contribution in [0.4, 0.5) is 0 Å².